The maximum absolute atomic E-state index is 12.0. The zero-order valence-corrected chi connectivity index (χ0v) is 10.7. The molecular weight excluding hydrogens is 273 g/mol. The second-order valence-corrected chi connectivity index (χ2v) is 4.38. The van der Waals surface area contributed by atoms with Crippen molar-refractivity contribution in [1.29, 1.82) is 0 Å². The van der Waals surface area contributed by atoms with Crippen LogP contribution in [0.3, 0.4) is 0 Å². The van der Waals surface area contributed by atoms with E-state index in [0.717, 1.165) is 12.8 Å². The molecule has 7 heteroatoms. The second-order valence-electron chi connectivity index (χ2n) is 4.38. The molecule has 0 spiro atoms. The normalized spacial score (nSPS) is 18.4. The fraction of sp³-hybridized carbons (Fsp3) is 0.462. The van der Waals surface area contributed by atoms with Gasteiger partial charge in [0, 0.05) is 6.07 Å². The van der Waals surface area contributed by atoms with Gasteiger partial charge in [-0.1, -0.05) is 0 Å². The SMILES string of the molecule is FC(F)(F)COc1ccc(NCC2CCC=CO2)cn1. The van der Waals surface area contributed by atoms with Crippen molar-refractivity contribution < 1.29 is 22.6 Å². The van der Waals surface area contributed by atoms with E-state index in [4.69, 9.17) is 4.74 Å². The van der Waals surface area contributed by atoms with Gasteiger partial charge in [-0.2, -0.15) is 13.2 Å². The van der Waals surface area contributed by atoms with Gasteiger partial charge in [-0.25, -0.2) is 4.98 Å². The molecule has 110 valence electrons. The fourth-order valence-electron chi connectivity index (χ4n) is 1.69. The van der Waals surface area contributed by atoms with Crippen molar-refractivity contribution in [3.05, 3.63) is 30.7 Å². The number of halogens is 3. The molecule has 0 aromatic carbocycles. The number of nitrogens with zero attached hydrogens (tertiary/aromatic N) is 1. The van der Waals surface area contributed by atoms with Gasteiger partial charge in [0.1, 0.15) is 6.10 Å². The summed E-state index contributed by atoms with van der Waals surface area (Å²) in [6, 6.07) is 3.02. The number of pyridine rings is 1. The highest BCUT2D eigenvalue weighted by molar-refractivity contribution is 5.42. The van der Waals surface area contributed by atoms with E-state index >= 15 is 0 Å². The Morgan fingerprint density at radius 3 is 2.85 bits per heavy atom. The minimum absolute atomic E-state index is 0.0512. The van der Waals surface area contributed by atoms with Crippen LogP contribution in [0.25, 0.3) is 0 Å². The van der Waals surface area contributed by atoms with Gasteiger partial charge in [-0.15, -0.1) is 0 Å². The Morgan fingerprint density at radius 2 is 2.25 bits per heavy atom. The molecule has 1 aliphatic rings. The maximum Gasteiger partial charge on any atom is 0.422 e. The van der Waals surface area contributed by atoms with Crippen molar-refractivity contribution in [3.8, 4) is 5.88 Å². The van der Waals surface area contributed by atoms with Crippen LogP contribution in [0, 0.1) is 0 Å². The summed E-state index contributed by atoms with van der Waals surface area (Å²) in [5.41, 5.74) is 0.711. The van der Waals surface area contributed by atoms with E-state index in [0.29, 0.717) is 12.2 Å². The van der Waals surface area contributed by atoms with Gasteiger partial charge in [0.2, 0.25) is 5.88 Å². The van der Waals surface area contributed by atoms with Crippen molar-refractivity contribution in [1.82, 2.24) is 4.98 Å². The zero-order chi connectivity index (χ0) is 14.4. The molecule has 2 rings (SSSR count). The van der Waals surface area contributed by atoms with Crippen molar-refractivity contribution in [3.63, 3.8) is 0 Å². The summed E-state index contributed by atoms with van der Waals surface area (Å²) in [7, 11) is 0. The second kappa shape index (κ2) is 6.49. The largest absolute Gasteiger partial charge is 0.497 e. The predicted octanol–water partition coefficient (Wildman–Crippen LogP) is 3.13. The van der Waals surface area contributed by atoms with Crippen LogP contribution in [-0.2, 0) is 4.74 Å². The van der Waals surface area contributed by atoms with Gasteiger partial charge in [-0.3, -0.25) is 0 Å². The molecule has 1 N–H and O–H groups in total. The molecule has 0 radical (unpaired) electrons. The Labute approximate surface area is 114 Å². The molecular formula is C13H15F3N2O2. The number of rotatable bonds is 5. The Bertz CT molecular complexity index is 446. The van der Waals surface area contributed by atoms with Gasteiger partial charge < -0.3 is 14.8 Å². The maximum atomic E-state index is 12.0. The van der Waals surface area contributed by atoms with E-state index in [1.54, 1.807) is 12.3 Å². The van der Waals surface area contributed by atoms with Crippen LogP contribution in [-0.4, -0.2) is 30.4 Å². The van der Waals surface area contributed by atoms with Crippen molar-refractivity contribution in [2.75, 3.05) is 18.5 Å². The zero-order valence-electron chi connectivity index (χ0n) is 10.7. The third-order valence-corrected chi connectivity index (χ3v) is 2.68. The van der Waals surface area contributed by atoms with Crippen LogP contribution >= 0.6 is 0 Å². The van der Waals surface area contributed by atoms with Gasteiger partial charge in [0.25, 0.3) is 0 Å². The van der Waals surface area contributed by atoms with Crippen LogP contribution < -0.4 is 10.1 Å². The summed E-state index contributed by atoms with van der Waals surface area (Å²) in [6.07, 6.45) is 2.74. The summed E-state index contributed by atoms with van der Waals surface area (Å²) in [5.74, 6) is -0.0512. The number of hydrogen-bond acceptors (Lipinski definition) is 4. The highest BCUT2D eigenvalue weighted by atomic mass is 19.4. The molecule has 20 heavy (non-hydrogen) atoms. The summed E-state index contributed by atoms with van der Waals surface area (Å²) < 4.78 is 45.8. The van der Waals surface area contributed by atoms with Crippen LogP contribution in [0.2, 0.25) is 0 Å². The lowest BCUT2D eigenvalue weighted by Gasteiger charge is -2.20. The van der Waals surface area contributed by atoms with Crippen LogP contribution in [0.1, 0.15) is 12.8 Å². The summed E-state index contributed by atoms with van der Waals surface area (Å²) >= 11 is 0. The number of anilines is 1. The molecule has 4 nitrogen and oxygen atoms in total. The van der Waals surface area contributed by atoms with E-state index in [1.165, 1.54) is 12.3 Å². The minimum Gasteiger partial charge on any atom is -0.497 e. The summed E-state index contributed by atoms with van der Waals surface area (Å²) in [4.78, 5) is 3.81. The fourth-order valence-corrected chi connectivity index (χ4v) is 1.69. The molecule has 0 amide bonds. The predicted molar refractivity (Wildman–Crippen MR) is 67.5 cm³/mol. The third-order valence-electron chi connectivity index (χ3n) is 2.68. The average Bonchev–Trinajstić information content (AvgIpc) is 2.44. The van der Waals surface area contributed by atoms with E-state index in [9.17, 15) is 13.2 Å². The summed E-state index contributed by atoms with van der Waals surface area (Å²) in [6.45, 7) is -0.718. The van der Waals surface area contributed by atoms with Crippen LogP contribution in [0.15, 0.2) is 30.7 Å². The molecule has 2 heterocycles. The van der Waals surface area contributed by atoms with E-state index in [-0.39, 0.29) is 12.0 Å². The molecule has 1 atom stereocenters. The number of alkyl halides is 3. The highest BCUT2D eigenvalue weighted by Gasteiger charge is 2.28. The van der Waals surface area contributed by atoms with Gasteiger partial charge in [0.05, 0.1) is 24.7 Å². The quantitative estimate of drug-likeness (QED) is 0.904. The molecule has 1 aromatic heterocycles. The Hall–Kier alpha value is -1.92. The third kappa shape index (κ3) is 4.99. The first-order chi connectivity index (χ1) is 9.53. The summed E-state index contributed by atoms with van der Waals surface area (Å²) in [5, 5.41) is 3.11. The van der Waals surface area contributed by atoms with E-state index in [1.807, 2.05) is 6.08 Å². The first-order valence-electron chi connectivity index (χ1n) is 6.23. The lowest BCUT2D eigenvalue weighted by Crippen LogP contribution is -2.23. The molecule has 0 fully saturated rings. The highest BCUT2D eigenvalue weighted by Crippen LogP contribution is 2.18. The van der Waals surface area contributed by atoms with E-state index < -0.39 is 12.8 Å². The lowest BCUT2D eigenvalue weighted by atomic mass is 10.1. The number of hydrogen-bond donors (Lipinski definition) is 1. The number of allylic oxidation sites excluding steroid dienone is 1. The van der Waals surface area contributed by atoms with Gasteiger partial charge in [-0.05, 0) is 25.0 Å². The van der Waals surface area contributed by atoms with Gasteiger partial charge in [0.15, 0.2) is 6.61 Å². The molecule has 1 aliphatic heterocycles. The van der Waals surface area contributed by atoms with Crippen molar-refractivity contribution in [2.45, 2.75) is 25.1 Å². The standard InChI is InChI=1S/C13H15F3N2O2/c14-13(15,16)9-20-12-5-4-10(7-18-12)17-8-11-3-1-2-6-19-11/h2,4-7,11,17H,1,3,8-9H2. The first kappa shape index (κ1) is 14.5. The van der Waals surface area contributed by atoms with Crippen LogP contribution in [0.5, 0.6) is 5.88 Å². The van der Waals surface area contributed by atoms with Crippen molar-refractivity contribution >= 4 is 5.69 Å². The molecule has 1 unspecified atom stereocenters. The number of aromatic nitrogens is 1. The van der Waals surface area contributed by atoms with E-state index in [2.05, 4.69) is 15.0 Å². The number of nitrogens with one attached hydrogen (secondary N) is 1. The topological polar surface area (TPSA) is 43.4 Å². The number of ether oxygens (including phenoxy) is 2. The molecule has 1 aromatic rings. The first-order valence-corrected chi connectivity index (χ1v) is 6.23. The minimum atomic E-state index is -4.36. The molecule has 0 aliphatic carbocycles. The Kier molecular flexibility index (Phi) is 4.70. The Balaban J connectivity index is 1.77. The lowest BCUT2D eigenvalue weighted by molar-refractivity contribution is -0.154. The van der Waals surface area contributed by atoms with Gasteiger partial charge >= 0.3 is 6.18 Å². The Morgan fingerprint density at radius 1 is 1.40 bits per heavy atom. The average molecular weight is 288 g/mol. The van der Waals surface area contributed by atoms with Crippen molar-refractivity contribution in [2.24, 2.45) is 0 Å². The monoisotopic (exact) mass is 288 g/mol. The molecule has 0 saturated heterocycles. The molecule has 0 saturated carbocycles. The molecule has 0 bridgehead atoms. The smallest absolute Gasteiger partial charge is 0.422 e. The van der Waals surface area contributed by atoms with Crippen LogP contribution in [0.4, 0.5) is 18.9 Å².